The molecule has 10 N–H and O–H groups in total. The number of piperidine rings is 4. The minimum absolute atomic E-state index is 0. The van der Waals surface area contributed by atoms with Gasteiger partial charge in [-0.3, -0.25) is 4.90 Å². The lowest BCUT2D eigenvalue weighted by atomic mass is 9.33. The maximum Gasteiger partial charge on any atom is 0.165 e. The molecule has 0 aromatic heterocycles. The summed E-state index contributed by atoms with van der Waals surface area (Å²) in [5, 5.41) is 92.3. The van der Waals surface area contributed by atoms with Gasteiger partial charge in [0.25, 0.3) is 0 Å². The quantitative estimate of drug-likeness (QED) is 0.0669. The number of aromatic hydroxyl groups is 3. The van der Waals surface area contributed by atoms with Crippen LogP contribution in [0.5, 0.6) is 46.0 Å². The van der Waals surface area contributed by atoms with Crippen molar-refractivity contribution in [2.45, 2.75) is 389 Å². The average molecular weight is 1770 g/mol. The molecule has 13 saturated carbocycles. The van der Waals surface area contributed by atoms with E-state index in [0.717, 1.165) is 172 Å². The standard InChI is InChI=1S/C29H41NO4.C26H37NO4.2C25H35NO4.3CH4/c1-25(2,3)26(4,32)20-15-27-10-11-29(20,33-5)24-28(27)12-13-30(16-17-6-7-17)21(27)14-18-8-9-19(31)23(34-24)22(18)28;1-22(2,3)23(4,28)17-14-24-9-10-26(17,30-6)21-25(24)11-12-27-18(24)13-15-7-8-16(29-5)20(31-21)19(15)25;2*1-21(2,3)22(4,28)16-13-23-8-9-25(16,29-5)20-24(23)10-11-26-17(23)12-14-6-7-15(27)19(30-20)18(14)24;;;/h8-9,17,20-21,24,31-32H,6-7,10-16H2,1-5H3;7-8,17-18,21,27-28H,9-14H2,1-6H3;2*6-7,16-17,20,26-28H,8-13H2,1-5H3;3*1H4/t20-,21?,24-,26+,27-,28?,29-;17-,18?,21-,23+,24-,25?,26-;2*16-,17?,20-,22+,23-,24?,25-;;;/m1111.../s1. The number of likely N-dealkylation sites (tertiary alicyclic amines) is 1. The van der Waals surface area contributed by atoms with Crippen LogP contribution in [0.15, 0.2) is 48.5 Å². The third-order valence-corrected chi connectivity index (χ3v) is 43.2. The Morgan fingerprint density at radius 2 is 0.641 bits per heavy atom. The normalized spacial score (nSPS) is 43.3. The highest BCUT2D eigenvalue weighted by atomic mass is 16.6. The van der Waals surface area contributed by atoms with Crippen LogP contribution in [0.3, 0.4) is 0 Å². The first kappa shape index (κ1) is 91.9. The molecule has 16 bridgehead atoms. The lowest BCUT2D eigenvalue weighted by Gasteiger charge is -2.75. The molecule has 17 aliphatic carbocycles. The van der Waals surface area contributed by atoms with Crippen molar-refractivity contribution >= 4 is 0 Å². The maximum atomic E-state index is 12.2. The number of methoxy groups -OCH3 is 5. The number of rotatable bonds is 11. The van der Waals surface area contributed by atoms with Crippen LogP contribution in [0, 0.1) is 72.9 Å². The van der Waals surface area contributed by atoms with Gasteiger partial charge in [-0.05, 0) is 269 Å². The number of nitrogens with zero attached hydrogens (tertiary/aromatic N) is 1. The van der Waals surface area contributed by atoms with Gasteiger partial charge in [0.2, 0.25) is 0 Å². The number of hydrogen-bond donors (Lipinski definition) is 10. The minimum atomic E-state index is -0.910. The van der Waals surface area contributed by atoms with Crippen LogP contribution >= 0.6 is 0 Å². The van der Waals surface area contributed by atoms with Crippen LogP contribution in [-0.4, -0.2) is 202 Å². The van der Waals surface area contributed by atoms with Crippen LogP contribution in [0.2, 0.25) is 0 Å². The first-order chi connectivity index (χ1) is 58.7. The van der Waals surface area contributed by atoms with Gasteiger partial charge in [0.1, 0.15) is 46.8 Å². The van der Waals surface area contributed by atoms with E-state index in [2.05, 4.69) is 134 Å². The second kappa shape index (κ2) is 28.0. The molecule has 20 nitrogen and oxygen atoms in total. The summed E-state index contributed by atoms with van der Waals surface area (Å²) in [7, 11) is 9.01. The van der Waals surface area contributed by atoms with Crippen LogP contribution in [0.1, 0.15) is 293 Å². The van der Waals surface area contributed by atoms with Gasteiger partial charge in [0.15, 0.2) is 46.0 Å². The fourth-order valence-corrected chi connectivity index (χ4v) is 35.3. The van der Waals surface area contributed by atoms with E-state index in [1.54, 1.807) is 33.5 Å². The summed E-state index contributed by atoms with van der Waals surface area (Å²) in [5.74, 6) is 5.35. The Morgan fingerprint density at radius 1 is 0.359 bits per heavy atom. The molecule has 29 rings (SSSR count). The van der Waals surface area contributed by atoms with Gasteiger partial charge in [0.05, 0.1) is 29.5 Å². The summed E-state index contributed by atoms with van der Waals surface area (Å²) in [6, 6.07) is 17.7. The molecule has 4 aromatic carbocycles. The summed E-state index contributed by atoms with van der Waals surface area (Å²) < 4.78 is 59.2. The number of ether oxygens (including phenoxy) is 9. The summed E-state index contributed by atoms with van der Waals surface area (Å²) in [5.41, 5.74) is 3.23. The van der Waals surface area contributed by atoms with Crippen LogP contribution < -0.4 is 39.6 Å². The van der Waals surface area contributed by atoms with E-state index in [4.69, 9.17) is 42.6 Å². The molecular weight excluding hydrogens is 1610 g/mol. The SMILES string of the molecule is C.C.C.CO[C@]12CC[C@@]3(C[C@@H]1[C@](C)(O)C(C)(C)C)C1Cc4ccc(O)c5c4C3(CCN1)[C@H]2O5.CO[C@]12CC[C@@]3(C[C@@H]1[C@](C)(O)C(C)(C)C)C1Cc4ccc(O)c5c4C3(CCN1)[C@H]2O5.CO[C@]12CC[C@@]3(C[C@@H]1[C@](C)(O)C(C)(C)C)C1Cc4ccc(O)c5c4C3(CCN1CC1CC1)[C@H]2O5.COc1ccc2c3c1O[C@@H]1C34CCNC(C2)[C@]42CC[C@@]1(OC)[C@@H]([C@](C)(O)C(C)(C)C)C2. The number of aliphatic hydroxyl groups is 4. The lowest BCUT2D eigenvalue weighted by Crippen LogP contribution is -2.83. The predicted octanol–water partition coefficient (Wildman–Crippen LogP) is 16.5. The summed E-state index contributed by atoms with van der Waals surface area (Å²) in [6.07, 6.45) is 22.0. The minimum Gasteiger partial charge on any atom is -0.504 e. The molecule has 4 saturated heterocycles. The summed E-state index contributed by atoms with van der Waals surface area (Å²) >= 11 is 0. The molecule has 8 aliphatic heterocycles. The van der Waals surface area contributed by atoms with Crippen LogP contribution in [-0.2, 0) is 66.3 Å². The topological polar surface area (TPSA) is 264 Å². The number of nitrogens with one attached hydrogen (secondary N) is 3. The first-order valence-corrected chi connectivity index (χ1v) is 48.7. The van der Waals surface area contributed by atoms with E-state index < -0.39 is 44.8 Å². The Hall–Kier alpha value is -5.20. The summed E-state index contributed by atoms with van der Waals surface area (Å²) in [6.45, 7) is 39.0. The van der Waals surface area contributed by atoms with Crippen molar-refractivity contribution in [2.75, 3.05) is 68.3 Å². The smallest absolute Gasteiger partial charge is 0.165 e. The van der Waals surface area contributed by atoms with E-state index in [-0.39, 0.29) is 153 Å². The molecular formula is C108H160N4O16. The maximum absolute atomic E-state index is 12.2. The lowest BCUT2D eigenvalue weighted by molar-refractivity contribution is -0.312. The van der Waals surface area contributed by atoms with E-state index >= 15 is 0 Å². The highest BCUT2D eigenvalue weighted by Crippen LogP contribution is 2.84. The van der Waals surface area contributed by atoms with Gasteiger partial charge in [-0.25, -0.2) is 0 Å². The average Bonchev–Trinajstić information content (AvgIpc) is 1.29. The zero-order valence-electron chi connectivity index (χ0n) is 79.0. The van der Waals surface area contributed by atoms with Gasteiger partial charge in [0, 0.05) is 148 Å². The van der Waals surface area contributed by atoms with Crippen molar-refractivity contribution in [1.29, 1.82) is 0 Å². The number of hydrogen-bond acceptors (Lipinski definition) is 20. The first-order valence-electron chi connectivity index (χ1n) is 48.7. The Kier molecular flexibility index (Phi) is 20.1. The zero-order chi connectivity index (χ0) is 88.6. The van der Waals surface area contributed by atoms with Crippen molar-refractivity contribution in [2.24, 2.45) is 72.9 Å². The molecule has 128 heavy (non-hydrogen) atoms. The molecule has 8 spiro atoms. The van der Waals surface area contributed by atoms with Crippen molar-refractivity contribution in [3.63, 3.8) is 0 Å². The molecule has 708 valence electrons. The molecule has 20 heteroatoms. The van der Waals surface area contributed by atoms with Crippen molar-refractivity contribution in [1.82, 2.24) is 20.9 Å². The van der Waals surface area contributed by atoms with Gasteiger partial charge in [-0.15, -0.1) is 0 Å². The van der Waals surface area contributed by atoms with Gasteiger partial charge in [-0.2, -0.15) is 0 Å². The Bertz CT molecular complexity index is 4980. The molecule has 25 aliphatic rings. The highest BCUT2D eigenvalue weighted by molar-refractivity contribution is 5.68. The van der Waals surface area contributed by atoms with Gasteiger partial charge >= 0.3 is 0 Å². The number of phenols is 3. The van der Waals surface area contributed by atoms with Gasteiger partial charge in [-0.1, -0.05) is 130 Å². The molecule has 0 amide bonds. The highest BCUT2D eigenvalue weighted by Gasteiger charge is 2.88. The number of fused-ring (bicyclic) bond motifs is 8. The Balaban J connectivity index is 0.000000110. The molecule has 8 unspecified atom stereocenters. The zero-order valence-corrected chi connectivity index (χ0v) is 79.0. The monoisotopic (exact) mass is 1770 g/mol. The molecule has 17 fully saturated rings. The molecule has 28 atom stereocenters. The Morgan fingerprint density at radius 3 is 0.945 bits per heavy atom. The second-order valence-electron chi connectivity index (χ2n) is 49.5. The third kappa shape index (κ3) is 10.3. The molecule has 4 aromatic rings. The largest absolute Gasteiger partial charge is 0.504 e. The van der Waals surface area contributed by atoms with Gasteiger partial charge < -0.3 is 94.3 Å². The van der Waals surface area contributed by atoms with Crippen LogP contribution in [0.4, 0.5) is 0 Å². The Labute approximate surface area is 764 Å². The van der Waals surface area contributed by atoms with Crippen molar-refractivity contribution < 1.29 is 78.4 Å². The fourth-order valence-electron chi connectivity index (χ4n) is 35.3. The second-order valence-corrected chi connectivity index (χ2v) is 49.5. The van der Waals surface area contributed by atoms with Crippen molar-refractivity contribution in [3.05, 3.63) is 93.0 Å². The number of benzene rings is 4. The predicted molar refractivity (Wildman–Crippen MR) is 497 cm³/mol. The van der Waals surface area contributed by atoms with E-state index in [0.29, 0.717) is 41.4 Å². The van der Waals surface area contributed by atoms with Crippen molar-refractivity contribution in [3.8, 4) is 46.0 Å². The fraction of sp³-hybridized carbons (Fsp3) is 0.778. The number of phenolic OH excluding ortho intramolecular Hbond substituents is 3. The molecule has 8 heterocycles. The van der Waals surface area contributed by atoms with E-state index in [9.17, 15) is 35.7 Å². The summed E-state index contributed by atoms with van der Waals surface area (Å²) in [4.78, 5) is 2.82. The van der Waals surface area contributed by atoms with E-state index in [1.165, 1.54) is 63.9 Å². The third-order valence-electron chi connectivity index (χ3n) is 43.2. The van der Waals surface area contributed by atoms with E-state index in [1.807, 2.05) is 48.0 Å². The van der Waals surface area contributed by atoms with Crippen LogP contribution in [0.25, 0.3) is 0 Å². The molecule has 0 radical (unpaired) electrons.